The highest BCUT2D eigenvalue weighted by molar-refractivity contribution is 5.94. The number of pyridine rings is 1. The second kappa shape index (κ2) is 12.3. The molecule has 0 spiro atoms. The number of amides is 1. The molecule has 40 heavy (non-hydrogen) atoms. The van der Waals surface area contributed by atoms with E-state index in [0.29, 0.717) is 29.4 Å². The molecule has 5 rings (SSSR count). The van der Waals surface area contributed by atoms with Crippen molar-refractivity contribution in [2.24, 2.45) is 0 Å². The van der Waals surface area contributed by atoms with Crippen molar-refractivity contribution in [2.45, 2.75) is 19.1 Å². The van der Waals surface area contributed by atoms with E-state index in [9.17, 15) is 18.0 Å². The van der Waals surface area contributed by atoms with Crippen molar-refractivity contribution in [1.29, 1.82) is 0 Å². The number of hydrogen-bond acceptors (Lipinski definition) is 6. The first kappa shape index (κ1) is 27.4. The molecule has 8 nitrogen and oxygen atoms in total. The van der Waals surface area contributed by atoms with E-state index < -0.39 is 17.6 Å². The SMILES string of the molecule is O=C(NCCc1cccc(Oc2ccnc(-c3ncc(CN4CCOCC4)[nH]3)c2)c1)c1cccc(C(F)(F)F)c1. The molecule has 1 fully saturated rings. The Morgan fingerprint density at radius 2 is 1.82 bits per heavy atom. The molecule has 0 bridgehead atoms. The van der Waals surface area contributed by atoms with E-state index in [1.807, 2.05) is 30.5 Å². The van der Waals surface area contributed by atoms with Gasteiger partial charge in [-0.1, -0.05) is 18.2 Å². The molecular formula is C29H28F3N5O3. The van der Waals surface area contributed by atoms with Crippen LogP contribution in [0.3, 0.4) is 0 Å². The van der Waals surface area contributed by atoms with Crippen LogP contribution in [0.5, 0.6) is 11.5 Å². The maximum Gasteiger partial charge on any atom is 0.416 e. The van der Waals surface area contributed by atoms with Crippen LogP contribution in [-0.4, -0.2) is 58.6 Å². The van der Waals surface area contributed by atoms with E-state index in [1.54, 1.807) is 18.3 Å². The van der Waals surface area contributed by atoms with Crippen LogP contribution in [0.1, 0.15) is 27.2 Å². The number of ether oxygens (including phenoxy) is 2. The molecule has 1 saturated heterocycles. The van der Waals surface area contributed by atoms with E-state index in [0.717, 1.165) is 56.2 Å². The topological polar surface area (TPSA) is 92.4 Å². The number of carbonyl (C=O) groups excluding carboxylic acids is 1. The van der Waals surface area contributed by atoms with Crippen molar-refractivity contribution in [1.82, 2.24) is 25.2 Å². The monoisotopic (exact) mass is 551 g/mol. The number of benzene rings is 2. The molecule has 4 aromatic rings. The summed E-state index contributed by atoms with van der Waals surface area (Å²) in [5.74, 6) is 1.28. The second-order valence-electron chi connectivity index (χ2n) is 9.36. The summed E-state index contributed by atoms with van der Waals surface area (Å²) < 4.78 is 50.2. The molecule has 1 aliphatic rings. The van der Waals surface area contributed by atoms with Gasteiger partial charge in [-0.2, -0.15) is 13.2 Å². The Morgan fingerprint density at radius 3 is 2.65 bits per heavy atom. The van der Waals surface area contributed by atoms with E-state index >= 15 is 0 Å². The van der Waals surface area contributed by atoms with Gasteiger partial charge in [-0.3, -0.25) is 14.7 Å². The first-order chi connectivity index (χ1) is 19.3. The molecule has 2 aromatic heterocycles. The van der Waals surface area contributed by atoms with Crippen molar-refractivity contribution in [2.75, 3.05) is 32.8 Å². The predicted octanol–water partition coefficient (Wildman–Crippen LogP) is 5.09. The van der Waals surface area contributed by atoms with E-state index in [-0.39, 0.29) is 12.1 Å². The average molecular weight is 552 g/mol. The number of nitrogens with zero attached hydrogens (tertiary/aromatic N) is 3. The molecule has 0 saturated carbocycles. The molecular weight excluding hydrogens is 523 g/mol. The summed E-state index contributed by atoms with van der Waals surface area (Å²) in [5.41, 5.74) is 1.65. The molecule has 208 valence electrons. The summed E-state index contributed by atoms with van der Waals surface area (Å²) in [6, 6.07) is 15.3. The minimum absolute atomic E-state index is 0.0369. The number of halogens is 3. The Labute approximate surface area is 229 Å². The maximum atomic E-state index is 12.9. The molecule has 11 heteroatoms. The largest absolute Gasteiger partial charge is 0.457 e. The minimum Gasteiger partial charge on any atom is -0.457 e. The van der Waals surface area contributed by atoms with Gasteiger partial charge in [-0.25, -0.2) is 4.98 Å². The van der Waals surface area contributed by atoms with E-state index in [2.05, 4.69) is 25.2 Å². The lowest BCUT2D eigenvalue weighted by Gasteiger charge is -2.25. The number of imidazole rings is 1. The second-order valence-corrected chi connectivity index (χ2v) is 9.36. The lowest BCUT2D eigenvalue weighted by atomic mass is 10.1. The van der Waals surface area contributed by atoms with Crippen LogP contribution in [0.15, 0.2) is 73.1 Å². The highest BCUT2D eigenvalue weighted by Gasteiger charge is 2.30. The fraction of sp³-hybridized carbons (Fsp3) is 0.276. The summed E-state index contributed by atoms with van der Waals surface area (Å²) in [4.78, 5) is 26.9. The third-order valence-corrected chi connectivity index (χ3v) is 6.39. The fourth-order valence-electron chi connectivity index (χ4n) is 4.33. The lowest BCUT2D eigenvalue weighted by Crippen LogP contribution is -2.35. The number of carbonyl (C=O) groups is 1. The Balaban J connectivity index is 1.16. The van der Waals surface area contributed by atoms with Crippen LogP contribution in [0, 0.1) is 0 Å². The molecule has 2 N–H and O–H groups in total. The average Bonchev–Trinajstić information content (AvgIpc) is 3.42. The van der Waals surface area contributed by atoms with Crippen LogP contribution in [0.25, 0.3) is 11.5 Å². The minimum atomic E-state index is -4.50. The van der Waals surface area contributed by atoms with Gasteiger partial charge in [0.25, 0.3) is 5.91 Å². The highest BCUT2D eigenvalue weighted by Crippen LogP contribution is 2.29. The number of rotatable bonds is 9. The zero-order valence-electron chi connectivity index (χ0n) is 21.6. The van der Waals surface area contributed by atoms with Crippen molar-refractivity contribution >= 4 is 5.91 Å². The van der Waals surface area contributed by atoms with Crippen LogP contribution >= 0.6 is 0 Å². The van der Waals surface area contributed by atoms with E-state index in [4.69, 9.17) is 9.47 Å². The van der Waals surface area contributed by atoms with Crippen molar-refractivity contribution < 1.29 is 27.4 Å². The maximum absolute atomic E-state index is 12.9. The number of hydrogen-bond donors (Lipinski definition) is 2. The Kier molecular flexibility index (Phi) is 8.42. The van der Waals surface area contributed by atoms with Gasteiger partial charge < -0.3 is 19.8 Å². The van der Waals surface area contributed by atoms with Gasteiger partial charge in [-0.15, -0.1) is 0 Å². The molecule has 3 heterocycles. The van der Waals surface area contributed by atoms with Crippen molar-refractivity contribution in [3.63, 3.8) is 0 Å². The van der Waals surface area contributed by atoms with Crippen molar-refractivity contribution in [3.05, 3.63) is 95.4 Å². The van der Waals surface area contributed by atoms with Crippen LogP contribution in [-0.2, 0) is 23.9 Å². The first-order valence-electron chi connectivity index (χ1n) is 12.9. The van der Waals surface area contributed by atoms with Gasteiger partial charge in [-0.05, 0) is 48.4 Å². The Bertz CT molecular complexity index is 1450. The van der Waals surface area contributed by atoms with Crippen LogP contribution in [0.4, 0.5) is 13.2 Å². The number of H-pyrrole nitrogens is 1. The quantitative estimate of drug-likeness (QED) is 0.301. The number of morpholine rings is 1. The Morgan fingerprint density at radius 1 is 1.02 bits per heavy atom. The van der Waals surface area contributed by atoms with Crippen LogP contribution in [0.2, 0.25) is 0 Å². The molecule has 0 radical (unpaired) electrons. The van der Waals surface area contributed by atoms with Gasteiger partial charge in [0.2, 0.25) is 0 Å². The number of alkyl halides is 3. The number of nitrogens with one attached hydrogen (secondary N) is 2. The summed E-state index contributed by atoms with van der Waals surface area (Å²) in [5, 5.41) is 2.67. The summed E-state index contributed by atoms with van der Waals surface area (Å²) in [7, 11) is 0. The van der Waals surface area contributed by atoms with Gasteiger partial charge >= 0.3 is 6.18 Å². The molecule has 1 aliphatic heterocycles. The number of aromatic amines is 1. The molecule has 1 amide bonds. The Hall–Kier alpha value is -4.22. The molecule has 0 aliphatic carbocycles. The molecule has 0 unspecified atom stereocenters. The van der Waals surface area contributed by atoms with Gasteiger partial charge in [0.05, 0.1) is 25.0 Å². The highest BCUT2D eigenvalue weighted by atomic mass is 19.4. The molecule has 2 aromatic carbocycles. The summed E-state index contributed by atoms with van der Waals surface area (Å²) in [6.45, 7) is 4.26. The van der Waals surface area contributed by atoms with E-state index in [1.165, 1.54) is 12.1 Å². The fourth-order valence-corrected chi connectivity index (χ4v) is 4.33. The third kappa shape index (κ3) is 7.25. The third-order valence-electron chi connectivity index (χ3n) is 6.39. The lowest BCUT2D eigenvalue weighted by molar-refractivity contribution is -0.137. The normalized spacial score (nSPS) is 14.2. The zero-order chi connectivity index (χ0) is 28.0. The van der Waals surface area contributed by atoms with Gasteiger partial charge in [0.1, 0.15) is 17.2 Å². The van der Waals surface area contributed by atoms with Crippen LogP contribution < -0.4 is 10.1 Å². The predicted molar refractivity (Wildman–Crippen MR) is 142 cm³/mol. The van der Waals surface area contributed by atoms with Gasteiger partial charge in [0, 0.05) is 49.7 Å². The smallest absolute Gasteiger partial charge is 0.416 e. The summed E-state index contributed by atoms with van der Waals surface area (Å²) >= 11 is 0. The number of aromatic nitrogens is 3. The first-order valence-corrected chi connectivity index (χ1v) is 12.9. The summed E-state index contributed by atoms with van der Waals surface area (Å²) in [6.07, 6.45) is -0.560. The standard InChI is InChI=1S/C29H28F3N5O3/c30-29(31,32)22-5-2-4-21(16-22)28(38)34-9-7-20-3-1-6-24(15-20)40-25-8-10-33-26(17-25)27-35-18-23(36-27)19-37-11-13-39-14-12-37/h1-6,8,10,15-18H,7,9,11-14,19H2,(H,34,38)(H,35,36). The zero-order valence-corrected chi connectivity index (χ0v) is 21.6. The molecule has 0 atom stereocenters. The van der Waals surface area contributed by atoms with Crippen molar-refractivity contribution in [3.8, 4) is 23.0 Å². The van der Waals surface area contributed by atoms with Gasteiger partial charge in [0.15, 0.2) is 5.82 Å².